The zero-order valence-electron chi connectivity index (χ0n) is 8.17. The van der Waals surface area contributed by atoms with Gasteiger partial charge in [0.25, 0.3) is 0 Å². The summed E-state index contributed by atoms with van der Waals surface area (Å²) >= 11 is 0. The van der Waals surface area contributed by atoms with Crippen LogP contribution in [0.5, 0.6) is 0 Å². The molecule has 0 N–H and O–H groups in total. The van der Waals surface area contributed by atoms with Crippen molar-refractivity contribution in [3.05, 3.63) is 12.2 Å². The maximum absolute atomic E-state index is 2.41. The van der Waals surface area contributed by atoms with Crippen molar-refractivity contribution in [3.63, 3.8) is 0 Å². The van der Waals surface area contributed by atoms with Gasteiger partial charge in [0.15, 0.2) is 0 Å². The van der Waals surface area contributed by atoms with Crippen molar-refractivity contribution in [2.45, 2.75) is 34.1 Å². The molecular weight excluding hydrogens is 132 g/mol. The Bertz CT molecular complexity index is 142. The summed E-state index contributed by atoms with van der Waals surface area (Å²) in [6.07, 6.45) is 6.07. The molecule has 1 rings (SSSR count). The van der Waals surface area contributed by atoms with Crippen LogP contribution in [0.1, 0.15) is 34.1 Å². The van der Waals surface area contributed by atoms with E-state index in [-0.39, 0.29) is 0 Å². The highest BCUT2D eigenvalue weighted by atomic mass is 14.3. The van der Waals surface area contributed by atoms with Crippen molar-refractivity contribution in [1.82, 2.24) is 0 Å². The van der Waals surface area contributed by atoms with Crippen molar-refractivity contribution in [2.75, 3.05) is 0 Å². The van der Waals surface area contributed by atoms with Gasteiger partial charge < -0.3 is 0 Å². The topological polar surface area (TPSA) is 0 Å². The third kappa shape index (κ3) is 1.85. The first-order valence-electron chi connectivity index (χ1n) is 4.79. The van der Waals surface area contributed by atoms with Crippen molar-refractivity contribution >= 4 is 0 Å². The van der Waals surface area contributed by atoms with E-state index in [1.807, 2.05) is 0 Å². The van der Waals surface area contributed by atoms with Crippen LogP contribution in [0.3, 0.4) is 0 Å². The largest absolute Gasteiger partial charge is 0.0879 e. The first-order valence-corrected chi connectivity index (χ1v) is 4.79. The van der Waals surface area contributed by atoms with E-state index in [1.165, 1.54) is 6.42 Å². The zero-order valence-corrected chi connectivity index (χ0v) is 8.17. The highest BCUT2D eigenvalue weighted by Gasteiger charge is 2.27. The zero-order chi connectivity index (χ0) is 8.43. The van der Waals surface area contributed by atoms with Gasteiger partial charge in [-0.2, -0.15) is 0 Å². The molecule has 0 radical (unpaired) electrons. The predicted octanol–water partition coefficient (Wildman–Crippen LogP) is 3.49. The lowest BCUT2D eigenvalue weighted by atomic mass is 9.79. The van der Waals surface area contributed by atoms with E-state index in [9.17, 15) is 0 Å². The Morgan fingerprint density at radius 1 is 1.09 bits per heavy atom. The monoisotopic (exact) mass is 152 g/mol. The lowest BCUT2D eigenvalue weighted by Gasteiger charge is -2.25. The molecule has 1 aliphatic carbocycles. The lowest BCUT2D eigenvalue weighted by Crippen LogP contribution is -2.19. The molecule has 0 nitrogen and oxygen atoms in total. The third-order valence-electron chi connectivity index (χ3n) is 2.89. The Hall–Kier alpha value is -0.260. The summed E-state index contributed by atoms with van der Waals surface area (Å²) in [5.74, 6) is 3.42. The molecule has 0 aromatic heterocycles. The summed E-state index contributed by atoms with van der Waals surface area (Å²) in [6.45, 7) is 9.34. The van der Waals surface area contributed by atoms with E-state index in [0.717, 1.165) is 23.7 Å². The molecule has 0 heterocycles. The van der Waals surface area contributed by atoms with E-state index in [0.29, 0.717) is 0 Å². The second kappa shape index (κ2) is 3.42. The van der Waals surface area contributed by atoms with Gasteiger partial charge in [0.05, 0.1) is 0 Å². The van der Waals surface area contributed by atoms with Crippen LogP contribution in [0.25, 0.3) is 0 Å². The minimum Gasteiger partial charge on any atom is -0.0879 e. The summed E-state index contributed by atoms with van der Waals surface area (Å²) in [7, 11) is 0. The van der Waals surface area contributed by atoms with Gasteiger partial charge in [0, 0.05) is 0 Å². The minimum atomic E-state index is 0.821. The molecule has 0 aromatic rings. The SMILES string of the molecule is CC(C)C1C=CCC1C(C)C. The summed E-state index contributed by atoms with van der Waals surface area (Å²) in [6, 6.07) is 0. The van der Waals surface area contributed by atoms with Gasteiger partial charge in [-0.1, -0.05) is 39.8 Å². The van der Waals surface area contributed by atoms with E-state index >= 15 is 0 Å². The van der Waals surface area contributed by atoms with Gasteiger partial charge in [-0.3, -0.25) is 0 Å². The highest BCUT2D eigenvalue weighted by Crippen LogP contribution is 2.35. The molecule has 0 aliphatic heterocycles. The second-order valence-electron chi connectivity index (χ2n) is 4.39. The third-order valence-corrected chi connectivity index (χ3v) is 2.89. The predicted molar refractivity (Wildman–Crippen MR) is 50.4 cm³/mol. The molecule has 2 atom stereocenters. The van der Waals surface area contributed by atoms with Crippen molar-refractivity contribution in [1.29, 1.82) is 0 Å². The fraction of sp³-hybridized carbons (Fsp3) is 0.818. The Morgan fingerprint density at radius 3 is 2.09 bits per heavy atom. The standard InChI is InChI=1S/C11H20/c1-8(2)10-6-5-7-11(10)9(3)4/h5-6,8-11H,7H2,1-4H3. The van der Waals surface area contributed by atoms with Crippen LogP contribution in [0, 0.1) is 23.7 Å². The molecular formula is C11H20. The van der Waals surface area contributed by atoms with Crippen LogP contribution in [0.2, 0.25) is 0 Å². The van der Waals surface area contributed by atoms with Gasteiger partial charge >= 0.3 is 0 Å². The number of rotatable bonds is 2. The smallest absolute Gasteiger partial charge is 0.0177 e. The second-order valence-corrected chi connectivity index (χ2v) is 4.39. The van der Waals surface area contributed by atoms with Crippen LogP contribution in [0.15, 0.2) is 12.2 Å². The Morgan fingerprint density at radius 2 is 1.73 bits per heavy atom. The van der Waals surface area contributed by atoms with Crippen LogP contribution in [-0.4, -0.2) is 0 Å². The normalized spacial score (nSPS) is 30.7. The van der Waals surface area contributed by atoms with Gasteiger partial charge in [0.2, 0.25) is 0 Å². The summed E-state index contributed by atoms with van der Waals surface area (Å²) in [4.78, 5) is 0. The molecule has 0 fully saturated rings. The summed E-state index contributed by atoms with van der Waals surface area (Å²) in [5.41, 5.74) is 0. The van der Waals surface area contributed by atoms with E-state index < -0.39 is 0 Å². The Kier molecular flexibility index (Phi) is 2.75. The molecule has 0 heteroatoms. The molecule has 1 aliphatic rings. The molecule has 0 amide bonds. The molecule has 0 saturated carbocycles. The van der Waals surface area contributed by atoms with Crippen LogP contribution >= 0.6 is 0 Å². The Balaban J connectivity index is 2.56. The quantitative estimate of drug-likeness (QED) is 0.531. The molecule has 0 saturated heterocycles. The maximum atomic E-state index is 2.41. The average Bonchev–Trinajstić information content (AvgIpc) is 2.32. The fourth-order valence-electron chi connectivity index (χ4n) is 2.13. The van der Waals surface area contributed by atoms with E-state index in [1.54, 1.807) is 0 Å². The summed E-state index contributed by atoms with van der Waals surface area (Å²) in [5, 5.41) is 0. The van der Waals surface area contributed by atoms with Crippen molar-refractivity contribution in [2.24, 2.45) is 23.7 Å². The molecule has 11 heavy (non-hydrogen) atoms. The maximum Gasteiger partial charge on any atom is -0.0177 e. The van der Waals surface area contributed by atoms with Crippen LogP contribution in [0.4, 0.5) is 0 Å². The van der Waals surface area contributed by atoms with Gasteiger partial charge in [-0.05, 0) is 30.1 Å². The minimum absolute atomic E-state index is 0.821. The lowest BCUT2D eigenvalue weighted by molar-refractivity contribution is 0.262. The number of allylic oxidation sites excluding steroid dienone is 2. The van der Waals surface area contributed by atoms with Crippen LogP contribution < -0.4 is 0 Å². The van der Waals surface area contributed by atoms with E-state index in [2.05, 4.69) is 39.8 Å². The van der Waals surface area contributed by atoms with Gasteiger partial charge in [-0.25, -0.2) is 0 Å². The molecule has 0 spiro atoms. The Labute approximate surface area is 70.7 Å². The molecule has 2 unspecified atom stereocenters. The van der Waals surface area contributed by atoms with E-state index in [4.69, 9.17) is 0 Å². The van der Waals surface area contributed by atoms with Crippen molar-refractivity contribution in [3.8, 4) is 0 Å². The van der Waals surface area contributed by atoms with Gasteiger partial charge in [-0.15, -0.1) is 0 Å². The fourth-order valence-corrected chi connectivity index (χ4v) is 2.13. The number of hydrogen-bond donors (Lipinski definition) is 0. The highest BCUT2D eigenvalue weighted by molar-refractivity contribution is 5.02. The summed E-state index contributed by atoms with van der Waals surface area (Å²) < 4.78 is 0. The first-order chi connectivity index (χ1) is 5.13. The van der Waals surface area contributed by atoms with Crippen molar-refractivity contribution < 1.29 is 0 Å². The molecule has 0 aromatic carbocycles. The first kappa shape index (κ1) is 8.83. The van der Waals surface area contributed by atoms with Crippen LogP contribution in [-0.2, 0) is 0 Å². The molecule has 0 bridgehead atoms. The van der Waals surface area contributed by atoms with Gasteiger partial charge in [0.1, 0.15) is 0 Å². The molecule has 64 valence electrons. The number of hydrogen-bond acceptors (Lipinski definition) is 0. The average molecular weight is 152 g/mol.